The maximum Gasteiger partial charge on any atom is 0.131 e. The molecule has 1 aliphatic carbocycles. The molecule has 0 atom stereocenters. The summed E-state index contributed by atoms with van der Waals surface area (Å²) in [6.45, 7) is 0.730. The van der Waals surface area contributed by atoms with Crippen LogP contribution < -0.4 is 5.32 Å². The molecule has 1 aliphatic rings. The molecule has 0 aliphatic heterocycles. The molecule has 2 N–H and O–H groups in total. The molecule has 0 amide bonds. The molecule has 100 valence electrons. The van der Waals surface area contributed by atoms with E-state index in [1.165, 1.54) is 12.8 Å². The number of aromatic amines is 1. The van der Waals surface area contributed by atoms with Gasteiger partial charge in [-0.05, 0) is 31.0 Å². The summed E-state index contributed by atoms with van der Waals surface area (Å²) in [6, 6.07) is 6.15. The quantitative estimate of drug-likeness (QED) is 0.761. The predicted molar refractivity (Wildman–Crippen MR) is 77.4 cm³/mol. The first kappa shape index (κ1) is 11.4. The molecule has 4 rings (SSSR count). The van der Waals surface area contributed by atoms with Crippen LogP contribution in [0.2, 0.25) is 0 Å². The Labute approximate surface area is 116 Å². The number of H-pyrrole nitrogens is 1. The van der Waals surface area contributed by atoms with Crippen molar-refractivity contribution in [2.75, 3.05) is 5.32 Å². The third kappa shape index (κ3) is 2.22. The highest BCUT2D eigenvalue weighted by Gasteiger charge is 2.25. The van der Waals surface area contributed by atoms with E-state index in [9.17, 15) is 0 Å². The van der Waals surface area contributed by atoms with E-state index < -0.39 is 0 Å². The van der Waals surface area contributed by atoms with Crippen LogP contribution in [0.5, 0.6) is 0 Å². The predicted octanol–water partition coefficient (Wildman–Crippen LogP) is 2.84. The lowest BCUT2D eigenvalue weighted by molar-refractivity contribution is 0.905. The van der Waals surface area contributed by atoms with Crippen LogP contribution in [0, 0.1) is 0 Å². The van der Waals surface area contributed by atoms with Gasteiger partial charge in [0.1, 0.15) is 5.82 Å². The van der Waals surface area contributed by atoms with E-state index in [1.807, 2.05) is 30.7 Å². The molecule has 0 radical (unpaired) electrons. The summed E-state index contributed by atoms with van der Waals surface area (Å²) in [6.07, 6.45) is 8.15. The molecule has 1 aromatic carbocycles. The number of nitrogens with one attached hydrogen (secondary N) is 2. The molecule has 20 heavy (non-hydrogen) atoms. The molecule has 1 saturated carbocycles. The number of rotatable bonds is 4. The van der Waals surface area contributed by atoms with Gasteiger partial charge in [0.15, 0.2) is 0 Å². The Balaban J connectivity index is 1.45. The molecular weight excluding hydrogens is 250 g/mol. The van der Waals surface area contributed by atoms with Crippen LogP contribution in [0.4, 0.5) is 5.69 Å². The van der Waals surface area contributed by atoms with Gasteiger partial charge in [-0.3, -0.25) is 5.10 Å². The summed E-state index contributed by atoms with van der Waals surface area (Å²) >= 11 is 0. The highest BCUT2D eigenvalue weighted by Crippen LogP contribution is 2.37. The minimum absolute atomic E-state index is 0.612. The maximum absolute atomic E-state index is 4.43. The largest absolute Gasteiger partial charge is 0.381 e. The summed E-state index contributed by atoms with van der Waals surface area (Å²) in [5, 5.41) is 11.5. The standard InChI is InChI=1S/C15H15N5/c1-2-11(1)15-17-7-10(8-18-15)6-16-13-3-4-14-12(5-13)9-19-20-14/h3-5,7-9,11,16H,1-2,6H2,(H,19,20). The number of anilines is 1. The Morgan fingerprint density at radius 1 is 1.15 bits per heavy atom. The Hall–Kier alpha value is -2.43. The molecule has 5 heteroatoms. The van der Waals surface area contributed by atoms with Gasteiger partial charge in [-0.2, -0.15) is 5.10 Å². The van der Waals surface area contributed by atoms with Crippen molar-refractivity contribution in [1.82, 2.24) is 20.2 Å². The normalized spacial score (nSPS) is 14.6. The van der Waals surface area contributed by atoms with Gasteiger partial charge in [0.2, 0.25) is 0 Å². The first-order chi connectivity index (χ1) is 9.88. The molecule has 0 unspecified atom stereocenters. The fourth-order valence-corrected chi connectivity index (χ4v) is 2.27. The zero-order valence-corrected chi connectivity index (χ0v) is 11.0. The van der Waals surface area contributed by atoms with E-state index in [2.05, 4.69) is 31.5 Å². The lowest BCUT2D eigenvalue weighted by Crippen LogP contribution is -2.02. The van der Waals surface area contributed by atoms with Crippen molar-refractivity contribution in [2.45, 2.75) is 25.3 Å². The number of benzene rings is 1. The SMILES string of the molecule is c1nc(C2CC2)ncc1CNc1ccc2[nH]ncc2c1. The molecule has 3 aromatic rings. The summed E-state index contributed by atoms with van der Waals surface area (Å²) < 4.78 is 0. The highest BCUT2D eigenvalue weighted by atomic mass is 15.1. The van der Waals surface area contributed by atoms with E-state index >= 15 is 0 Å². The molecule has 0 spiro atoms. The van der Waals surface area contributed by atoms with Crippen LogP contribution in [0.25, 0.3) is 10.9 Å². The number of hydrogen-bond acceptors (Lipinski definition) is 4. The first-order valence-corrected chi connectivity index (χ1v) is 6.86. The number of fused-ring (bicyclic) bond motifs is 1. The second-order valence-corrected chi connectivity index (χ2v) is 5.25. The second-order valence-electron chi connectivity index (χ2n) is 5.25. The Morgan fingerprint density at radius 3 is 2.80 bits per heavy atom. The summed E-state index contributed by atoms with van der Waals surface area (Å²) in [5.74, 6) is 1.61. The minimum Gasteiger partial charge on any atom is -0.381 e. The molecule has 2 heterocycles. The second kappa shape index (κ2) is 4.59. The van der Waals surface area contributed by atoms with Crippen molar-refractivity contribution in [3.8, 4) is 0 Å². The van der Waals surface area contributed by atoms with Crippen molar-refractivity contribution in [3.05, 3.63) is 48.2 Å². The van der Waals surface area contributed by atoms with Crippen molar-refractivity contribution >= 4 is 16.6 Å². The topological polar surface area (TPSA) is 66.5 Å². The van der Waals surface area contributed by atoms with E-state index in [1.54, 1.807) is 0 Å². The molecule has 2 aromatic heterocycles. The third-order valence-corrected chi connectivity index (χ3v) is 3.60. The van der Waals surface area contributed by atoms with Gasteiger partial charge >= 0.3 is 0 Å². The average molecular weight is 265 g/mol. The van der Waals surface area contributed by atoms with E-state index in [0.29, 0.717) is 5.92 Å². The van der Waals surface area contributed by atoms with E-state index in [0.717, 1.165) is 34.5 Å². The smallest absolute Gasteiger partial charge is 0.131 e. The Kier molecular flexibility index (Phi) is 2.62. The molecule has 5 nitrogen and oxygen atoms in total. The molecule has 0 bridgehead atoms. The first-order valence-electron chi connectivity index (χ1n) is 6.86. The zero-order chi connectivity index (χ0) is 13.4. The van der Waals surface area contributed by atoms with Crippen LogP contribution in [-0.4, -0.2) is 20.2 Å². The maximum atomic E-state index is 4.43. The van der Waals surface area contributed by atoms with Gasteiger partial charge in [-0.1, -0.05) is 0 Å². The molecular formula is C15H15N5. The van der Waals surface area contributed by atoms with Gasteiger partial charge in [0.05, 0.1) is 11.7 Å². The Bertz CT molecular complexity index is 727. The number of aromatic nitrogens is 4. The van der Waals surface area contributed by atoms with Crippen LogP contribution in [-0.2, 0) is 6.54 Å². The number of hydrogen-bond donors (Lipinski definition) is 2. The molecule has 1 fully saturated rings. The fourth-order valence-electron chi connectivity index (χ4n) is 2.27. The van der Waals surface area contributed by atoms with Gasteiger partial charge < -0.3 is 5.32 Å². The van der Waals surface area contributed by atoms with Crippen LogP contribution >= 0.6 is 0 Å². The van der Waals surface area contributed by atoms with Crippen molar-refractivity contribution < 1.29 is 0 Å². The van der Waals surface area contributed by atoms with Gasteiger partial charge in [-0.15, -0.1) is 0 Å². The average Bonchev–Trinajstić information content (AvgIpc) is 3.23. The number of nitrogens with zero attached hydrogens (tertiary/aromatic N) is 3. The summed E-state index contributed by atoms with van der Waals surface area (Å²) in [4.78, 5) is 8.86. The van der Waals surface area contributed by atoms with Gasteiger partial charge in [0.25, 0.3) is 0 Å². The van der Waals surface area contributed by atoms with Gasteiger partial charge in [-0.25, -0.2) is 9.97 Å². The fraction of sp³-hybridized carbons (Fsp3) is 0.267. The van der Waals surface area contributed by atoms with Crippen LogP contribution in [0.15, 0.2) is 36.8 Å². The lowest BCUT2D eigenvalue weighted by Gasteiger charge is -2.06. The Morgan fingerprint density at radius 2 is 2.00 bits per heavy atom. The molecule has 0 saturated heterocycles. The van der Waals surface area contributed by atoms with Crippen molar-refractivity contribution in [2.24, 2.45) is 0 Å². The third-order valence-electron chi connectivity index (χ3n) is 3.60. The van der Waals surface area contributed by atoms with Crippen LogP contribution in [0.1, 0.15) is 30.1 Å². The van der Waals surface area contributed by atoms with E-state index in [-0.39, 0.29) is 0 Å². The monoisotopic (exact) mass is 265 g/mol. The van der Waals surface area contributed by atoms with Gasteiger partial charge in [0, 0.05) is 41.5 Å². The van der Waals surface area contributed by atoms with Crippen LogP contribution in [0.3, 0.4) is 0 Å². The highest BCUT2D eigenvalue weighted by molar-refractivity contribution is 5.81. The van der Waals surface area contributed by atoms with Crippen molar-refractivity contribution in [1.29, 1.82) is 0 Å². The minimum atomic E-state index is 0.612. The van der Waals surface area contributed by atoms with Crippen molar-refractivity contribution in [3.63, 3.8) is 0 Å². The zero-order valence-electron chi connectivity index (χ0n) is 11.0. The lowest BCUT2D eigenvalue weighted by atomic mass is 10.2. The summed E-state index contributed by atoms with van der Waals surface area (Å²) in [7, 11) is 0. The van der Waals surface area contributed by atoms with E-state index in [4.69, 9.17) is 0 Å². The summed E-state index contributed by atoms with van der Waals surface area (Å²) in [5.41, 5.74) is 3.22.